The van der Waals surface area contributed by atoms with Gasteiger partial charge in [0.15, 0.2) is 0 Å². The lowest BCUT2D eigenvalue weighted by atomic mass is 10.1. The van der Waals surface area contributed by atoms with Crippen molar-refractivity contribution >= 4 is 25.6 Å². The number of hydrogen-bond donors (Lipinski definition) is 1. The van der Waals surface area contributed by atoms with Crippen LogP contribution in [-0.2, 0) is 13.8 Å². The third-order valence-electron chi connectivity index (χ3n) is 3.19. The highest BCUT2D eigenvalue weighted by Crippen LogP contribution is 2.32. The largest absolute Gasteiger partial charge is 0.492 e. The summed E-state index contributed by atoms with van der Waals surface area (Å²) in [6, 6.07) is 1.49. The molecular weight excluding hydrogens is 314 g/mol. The standard InChI is InChI=1S/C14H20ClNO4S/c1-5-16-13(17)6-7-20-14-9(2)8-12(21(15,18)19)10(3)11(14)4/h8H,5-7H2,1-4H3,(H,16,17). The van der Waals surface area contributed by atoms with Gasteiger partial charge in [0.05, 0.1) is 17.9 Å². The smallest absolute Gasteiger partial charge is 0.261 e. The summed E-state index contributed by atoms with van der Waals surface area (Å²) in [5.41, 5.74) is 1.95. The van der Waals surface area contributed by atoms with Gasteiger partial charge in [0, 0.05) is 17.2 Å². The molecule has 1 rings (SSSR count). The normalized spacial score (nSPS) is 11.3. The molecule has 0 heterocycles. The number of nitrogens with one attached hydrogen (secondary N) is 1. The van der Waals surface area contributed by atoms with Crippen molar-refractivity contribution in [1.29, 1.82) is 0 Å². The van der Waals surface area contributed by atoms with Crippen LogP contribution in [0.1, 0.15) is 30.0 Å². The van der Waals surface area contributed by atoms with Gasteiger partial charge in [-0.2, -0.15) is 0 Å². The fourth-order valence-corrected chi connectivity index (χ4v) is 3.35. The van der Waals surface area contributed by atoms with Crippen molar-refractivity contribution in [2.45, 2.75) is 39.0 Å². The van der Waals surface area contributed by atoms with E-state index in [0.29, 0.717) is 29.0 Å². The maximum absolute atomic E-state index is 11.5. The second-order valence-corrected chi connectivity index (χ2v) is 7.29. The molecule has 7 heteroatoms. The molecule has 1 amide bonds. The van der Waals surface area contributed by atoms with E-state index in [1.807, 2.05) is 6.92 Å². The Labute approximate surface area is 130 Å². The molecule has 0 atom stereocenters. The van der Waals surface area contributed by atoms with Crippen LogP contribution < -0.4 is 10.1 Å². The van der Waals surface area contributed by atoms with Crippen LogP contribution in [0.4, 0.5) is 0 Å². The highest BCUT2D eigenvalue weighted by Gasteiger charge is 2.19. The lowest BCUT2D eigenvalue weighted by Gasteiger charge is -2.16. The third-order valence-corrected chi connectivity index (χ3v) is 4.64. The zero-order chi connectivity index (χ0) is 16.2. The van der Waals surface area contributed by atoms with E-state index in [0.717, 1.165) is 0 Å². The Kier molecular flexibility index (Phi) is 6.04. The summed E-state index contributed by atoms with van der Waals surface area (Å²) >= 11 is 0. The first-order valence-electron chi connectivity index (χ1n) is 6.63. The highest BCUT2D eigenvalue weighted by atomic mass is 35.7. The molecule has 0 radical (unpaired) electrons. The van der Waals surface area contributed by atoms with E-state index >= 15 is 0 Å². The Morgan fingerprint density at radius 2 is 1.90 bits per heavy atom. The second-order valence-electron chi connectivity index (χ2n) is 4.76. The summed E-state index contributed by atoms with van der Waals surface area (Å²) in [5, 5.41) is 2.69. The second kappa shape index (κ2) is 7.13. The minimum absolute atomic E-state index is 0.0792. The van der Waals surface area contributed by atoms with Gasteiger partial charge in [-0.25, -0.2) is 8.42 Å². The molecular formula is C14H20ClNO4S. The molecule has 0 spiro atoms. The van der Waals surface area contributed by atoms with Gasteiger partial charge in [0.25, 0.3) is 9.05 Å². The number of amides is 1. The van der Waals surface area contributed by atoms with Crippen molar-refractivity contribution in [3.8, 4) is 5.75 Å². The van der Waals surface area contributed by atoms with Crippen LogP contribution in [0.3, 0.4) is 0 Å². The maximum Gasteiger partial charge on any atom is 0.261 e. The van der Waals surface area contributed by atoms with E-state index in [9.17, 15) is 13.2 Å². The lowest BCUT2D eigenvalue weighted by Crippen LogP contribution is -2.24. The number of hydrogen-bond acceptors (Lipinski definition) is 4. The van der Waals surface area contributed by atoms with E-state index < -0.39 is 9.05 Å². The number of carbonyl (C=O) groups is 1. The molecule has 118 valence electrons. The molecule has 1 aromatic rings. The molecule has 0 aliphatic carbocycles. The lowest BCUT2D eigenvalue weighted by molar-refractivity contribution is -0.121. The quantitative estimate of drug-likeness (QED) is 0.812. The third kappa shape index (κ3) is 4.61. The van der Waals surface area contributed by atoms with Gasteiger partial charge >= 0.3 is 0 Å². The monoisotopic (exact) mass is 333 g/mol. The number of rotatable bonds is 6. The zero-order valence-corrected chi connectivity index (χ0v) is 14.2. The van der Waals surface area contributed by atoms with Crippen LogP contribution in [0, 0.1) is 20.8 Å². The first-order chi connectivity index (χ1) is 9.68. The zero-order valence-electron chi connectivity index (χ0n) is 12.6. The van der Waals surface area contributed by atoms with Crippen molar-refractivity contribution in [3.63, 3.8) is 0 Å². The Morgan fingerprint density at radius 3 is 2.43 bits per heavy atom. The summed E-state index contributed by atoms with van der Waals surface area (Å²) in [5.74, 6) is 0.519. The summed E-state index contributed by atoms with van der Waals surface area (Å²) in [4.78, 5) is 11.5. The highest BCUT2D eigenvalue weighted by molar-refractivity contribution is 8.13. The van der Waals surface area contributed by atoms with Crippen LogP contribution >= 0.6 is 10.7 Å². The van der Waals surface area contributed by atoms with Gasteiger partial charge in [-0.05, 0) is 50.5 Å². The molecule has 0 aromatic heterocycles. The summed E-state index contributed by atoms with van der Waals surface area (Å²) in [6.07, 6.45) is 0.251. The van der Waals surface area contributed by atoms with Crippen molar-refractivity contribution < 1.29 is 17.9 Å². The molecule has 0 saturated carbocycles. The average molecular weight is 334 g/mol. The predicted molar refractivity (Wildman–Crippen MR) is 82.5 cm³/mol. The van der Waals surface area contributed by atoms with E-state index in [2.05, 4.69) is 5.32 Å². The Bertz CT molecular complexity index is 641. The molecule has 5 nitrogen and oxygen atoms in total. The predicted octanol–water partition coefficient (Wildman–Crippen LogP) is 2.44. The SMILES string of the molecule is CCNC(=O)CCOc1c(C)cc(S(=O)(=O)Cl)c(C)c1C. The van der Waals surface area contributed by atoms with E-state index in [-0.39, 0.29) is 23.8 Å². The van der Waals surface area contributed by atoms with Gasteiger partial charge in [-0.15, -0.1) is 0 Å². The Balaban J connectivity index is 2.95. The first kappa shape index (κ1) is 17.8. The van der Waals surface area contributed by atoms with Crippen LogP contribution in [0.2, 0.25) is 0 Å². The number of aryl methyl sites for hydroxylation is 1. The molecule has 1 aromatic carbocycles. The van der Waals surface area contributed by atoms with Gasteiger partial charge in [-0.1, -0.05) is 0 Å². The van der Waals surface area contributed by atoms with Crippen molar-refractivity contribution in [2.24, 2.45) is 0 Å². The summed E-state index contributed by atoms with van der Waals surface area (Å²) < 4.78 is 28.7. The molecule has 0 saturated heterocycles. The fraction of sp³-hybridized carbons (Fsp3) is 0.500. The van der Waals surface area contributed by atoms with Crippen LogP contribution in [0.25, 0.3) is 0 Å². The van der Waals surface area contributed by atoms with E-state index in [1.165, 1.54) is 6.07 Å². The molecule has 0 unspecified atom stereocenters. The van der Waals surface area contributed by atoms with Crippen LogP contribution in [0.15, 0.2) is 11.0 Å². The topological polar surface area (TPSA) is 72.5 Å². The number of halogens is 1. The van der Waals surface area contributed by atoms with Gasteiger partial charge < -0.3 is 10.1 Å². The fourth-order valence-electron chi connectivity index (χ4n) is 2.03. The summed E-state index contributed by atoms with van der Waals surface area (Å²) in [7, 11) is 1.64. The van der Waals surface area contributed by atoms with Crippen LogP contribution in [-0.4, -0.2) is 27.5 Å². The number of ether oxygens (including phenoxy) is 1. The van der Waals surface area contributed by atoms with Gasteiger partial charge in [0.2, 0.25) is 5.91 Å². The molecule has 21 heavy (non-hydrogen) atoms. The van der Waals surface area contributed by atoms with Gasteiger partial charge in [0.1, 0.15) is 5.75 Å². The Morgan fingerprint density at radius 1 is 1.29 bits per heavy atom. The number of carbonyl (C=O) groups excluding carboxylic acids is 1. The first-order valence-corrected chi connectivity index (χ1v) is 8.94. The summed E-state index contributed by atoms with van der Waals surface area (Å²) in [6.45, 7) is 7.87. The molecule has 0 aliphatic heterocycles. The van der Waals surface area contributed by atoms with Crippen molar-refractivity contribution in [2.75, 3.05) is 13.2 Å². The minimum Gasteiger partial charge on any atom is -0.492 e. The minimum atomic E-state index is -3.78. The number of benzene rings is 1. The van der Waals surface area contributed by atoms with Crippen LogP contribution in [0.5, 0.6) is 5.75 Å². The van der Waals surface area contributed by atoms with Crippen molar-refractivity contribution in [3.05, 3.63) is 22.8 Å². The Hall–Kier alpha value is -1.27. The van der Waals surface area contributed by atoms with Crippen molar-refractivity contribution in [1.82, 2.24) is 5.32 Å². The average Bonchev–Trinajstić information content (AvgIpc) is 2.37. The maximum atomic E-state index is 11.5. The molecule has 0 bridgehead atoms. The van der Waals surface area contributed by atoms with E-state index in [1.54, 1.807) is 20.8 Å². The molecule has 0 aliphatic rings. The molecule has 1 N–H and O–H groups in total. The molecule has 0 fully saturated rings. The van der Waals surface area contributed by atoms with E-state index in [4.69, 9.17) is 15.4 Å². The van der Waals surface area contributed by atoms with Gasteiger partial charge in [-0.3, -0.25) is 4.79 Å².